The fourth-order valence-corrected chi connectivity index (χ4v) is 1.80. The number of rotatable bonds is 2. The Balaban J connectivity index is 2.03. The molecule has 2 aliphatic heterocycles. The first kappa shape index (κ1) is 10.4. The summed E-state index contributed by atoms with van der Waals surface area (Å²) in [6, 6.07) is -0.591. The molecule has 0 aromatic carbocycles. The maximum Gasteiger partial charge on any atom is 0.242 e. The third-order valence-electron chi connectivity index (χ3n) is 2.87. The SMILES string of the molecule is NC(=O)C1COCCN1C(=O)C1CNC1. The number of morpholine rings is 1. The molecule has 0 aromatic heterocycles. The molecule has 2 aliphatic rings. The molecule has 6 nitrogen and oxygen atoms in total. The molecule has 0 spiro atoms. The monoisotopic (exact) mass is 213 g/mol. The highest BCUT2D eigenvalue weighted by atomic mass is 16.5. The molecular weight excluding hydrogens is 198 g/mol. The normalized spacial score (nSPS) is 27.2. The second-order valence-corrected chi connectivity index (χ2v) is 3.88. The quantitative estimate of drug-likeness (QED) is 0.551. The van der Waals surface area contributed by atoms with Gasteiger partial charge in [0.05, 0.1) is 19.1 Å². The van der Waals surface area contributed by atoms with Crippen molar-refractivity contribution in [2.75, 3.05) is 32.8 Å². The number of nitrogens with one attached hydrogen (secondary N) is 1. The summed E-state index contributed by atoms with van der Waals surface area (Å²) in [5, 5.41) is 3.03. The minimum atomic E-state index is -0.591. The van der Waals surface area contributed by atoms with Crippen molar-refractivity contribution in [2.45, 2.75) is 6.04 Å². The molecule has 1 unspecified atom stereocenters. The molecule has 15 heavy (non-hydrogen) atoms. The second-order valence-electron chi connectivity index (χ2n) is 3.88. The van der Waals surface area contributed by atoms with Crippen molar-refractivity contribution in [1.29, 1.82) is 0 Å². The highest BCUT2D eigenvalue weighted by molar-refractivity contribution is 5.88. The minimum absolute atomic E-state index is 0.00458. The van der Waals surface area contributed by atoms with E-state index in [2.05, 4.69) is 5.32 Å². The lowest BCUT2D eigenvalue weighted by molar-refractivity contribution is -0.151. The van der Waals surface area contributed by atoms with Gasteiger partial charge in [0.15, 0.2) is 0 Å². The van der Waals surface area contributed by atoms with E-state index in [1.54, 1.807) is 4.90 Å². The van der Waals surface area contributed by atoms with Crippen LogP contribution in [0.25, 0.3) is 0 Å². The summed E-state index contributed by atoms with van der Waals surface area (Å²) in [7, 11) is 0. The van der Waals surface area contributed by atoms with Crippen molar-refractivity contribution >= 4 is 11.8 Å². The predicted molar refractivity (Wildman–Crippen MR) is 51.9 cm³/mol. The van der Waals surface area contributed by atoms with E-state index in [1.165, 1.54) is 0 Å². The van der Waals surface area contributed by atoms with Gasteiger partial charge in [-0.15, -0.1) is 0 Å². The topological polar surface area (TPSA) is 84.7 Å². The average Bonchev–Trinajstić information content (AvgIpc) is 2.15. The summed E-state index contributed by atoms with van der Waals surface area (Å²) >= 11 is 0. The molecule has 2 saturated heterocycles. The predicted octanol–water partition coefficient (Wildman–Crippen LogP) is -2.08. The highest BCUT2D eigenvalue weighted by Crippen LogP contribution is 2.14. The first-order chi connectivity index (χ1) is 7.20. The van der Waals surface area contributed by atoms with Gasteiger partial charge in [-0.25, -0.2) is 0 Å². The van der Waals surface area contributed by atoms with Gasteiger partial charge in [0, 0.05) is 19.6 Å². The van der Waals surface area contributed by atoms with Crippen LogP contribution in [0, 0.1) is 5.92 Å². The van der Waals surface area contributed by atoms with Gasteiger partial charge in [0.25, 0.3) is 0 Å². The number of hydrogen-bond acceptors (Lipinski definition) is 4. The van der Waals surface area contributed by atoms with E-state index in [0.717, 1.165) is 0 Å². The van der Waals surface area contributed by atoms with Gasteiger partial charge in [0.2, 0.25) is 11.8 Å². The maximum atomic E-state index is 11.9. The zero-order chi connectivity index (χ0) is 10.8. The summed E-state index contributed by atoms with van der Waals surface area (Å²) in [5.74, 6) is -0.471. The van der Waals surface area contributed by atoms with Crippen molar-refractivity contribution in [3.05, 3.63) is 0 Å². The zero-order valence-electron chi connectivity index (χ0n) is 8.44. The van der Waals surface area contributed by atoms with Crippen LogP contribution < -0.4 is 11.1 Å². The van der Waals surface area contributed by atoms with Crippen LogP contribution in [0.3, 0.4) is 0 Å². The number of nitrogens with zero attached hydrogens (tertiary/aromatic N) is 1. The first-order valence-corrected chi connectivity index (χ1v) is 5.08. The highest BCUT2D eigenvalue weighted by Gasteiger charge is 2.36. The number of ether oxygens (including phenoxy) is 1. The molecule has 2 fully saturated rings. The van der Waals surface area contributed by atoms with Gasteiger partial charge in [-0.05, 0) is 0 Å². The van der Waals surface area contributed by atoms with Crippen LogP contribution in [0.1, 0.15) is 0 Å². The zero-order valence-corrected chi connectivity index (χ0v) is 8.44. The maximum absolute atomic E-state index is 11.9. The Bertz CT molecular complexity index is 278. The van der Waals surface area contributed by atoms with Crippen LogP contribution in [0.4, 0.5) is 0 Å². The summed E-state index contributed by atoms with van der Waals surface area (Å²) in [4.78, 5) is 24.6. The largest absolute Gasteiger partial charge is 0.377 e. The van der Waals surface area contributed by atoms with E-state index in [0.29, 0.717) is 26.2 Å². The number of nitrogens with two attached hydrogens (primary N) is 1. The fraction of sp³-hybridized carbons (Fsp3) is 0.778. The summed E-state index contributed by atoms with van der Waals surface area (Å²) in [5.41, 5.74) is 5.23. The summed E-state index contributed by atoms with van der Waals surface area (Å²) in [6.07, 6.45) is 0. The molecule has 0 aromatic rings. The smallest absolute Gasteiger partial charge is 0.242 e. The van der Waals surface area contributed by atoms with Crippen LogP contribution in [-0.4, -0.2) is 55.6 Å². The Hall–Kier alpha value is -1.14. The van der Waals surface area contributed by atoms with Crippen molar-refractivity contribution in [1.82, 2.24) is 10.2 Å². The lowest BCUT2D eigenvalue weighted by Crippen LogP contribution is -2.60. The fourth-order valence-electron chi connectivity index (χ4n) is 1.80. The number of primary amides is 1. The van der Waals surface area contributed by atoms with Crippen LogP contribution in [-0.2, 0) is 14.3 Å². The van der Waals surface area contributed by atoms with Crippen molar-refractivity contribution in [3.63, 3.8) is 0 Å². The van der Waals surface area contributed by atoms with Crippen molar-refractivity contribution in [2.24, 2.45) is 11.7 Å². The molecular formula is C9H15N3O3. The Morgan fingerprint density at radius 1 is 1.40 bits per heavy atom. The van der Waals surface area contributed by atoms with Crippen LogP contribution in [0.2, 0.25) is 0 Å². The molecule has 2 amide bonds. The average molecular weight is 213 g/mol. The first-order valence-electron chi connectivity index (χ1n) is 5.08. The van der Waals surface area contributed by atoms with Crippen molar-refractivity contribution < 1.29 is 14.3 Å². The number of hydrogen-bond donors (Lipinski definition) is 2. The molecule has 2 heterocycles. The Morgan fingerprint density at radius 3 is 2.67 bits per heavy atom. The minimum Gasteiger partial charge on any atom is -0.377 e. The Morgan fingerprint density at radius 2 is 2.13 bits per heavy atom. The van der Waals surface area contributed by atoms with E-state index < -0.39 is 11.9 Å². The van der Waals surface area contributed by atoms with Crippen LogP contribution in [0.5, 0.6) is 0 Å². The molecule has 1 atom stereocenters. The molecule has 6 heteroatoms. The second kappa shape index (κ2) is 4.16. The van der Waals surface area contributed by atoms with Crippen LogP contribution >= 0.6 is 0 Å². The number of carbonyl (C=O) groups excluding carboxylic acids is 2. The molecule has 2 rings (SSSR count). The third-order valence-corrected chi connectivity index (χ3v) is 2.87. The molecule has 0 aliphatic carbocycles. The molecule has 0 bridgehead atoms. The lowest BCUT2D eigenvalue weighted by atomic mass is 10.0. The van der Waals surface area contributed by atoms with E-state index in [1.807, 2.05) is 0 Å². The van der Waals surface area contributed by atoms with Gasteiger partial charge < -0.3 is 20.7 Å². The molecule has 0 radical (unpaired) electrons. The number of amides is 2. The standard InChI is InChI=1S/C9H15N3O3/c10-8(13)7-5-15-2-1-12(7)9(14)6-3-11-4-6/h6-7,11H,1-5H2,(H2,10,13). The molecule has 0 saturated carbocycles. The van der Waals surface area contributed by atoms with Gasteiger partial charge in [0.1, 0.15) is 6.04 Å². The van der Waals surface area contributed by atoms with E-state index >= 15 is 0 Å². The van der Waals surface area contributed by atoms with Crippen molar-refractivity contribution in [3.8, 4) is 0 Å². The van der Waals surface area contributed by atoms with Gasteiger partial charge in [-0.1, -0.05) is 0 Å². The summed E-state index contributed by atoms with van der Waals surface area (Å²) < 4.78 is 5.14. The van der Waals surface area contributed by atoms with E-state index in [9.17, 15) is 9.59 Å². The Kier molecular flexibility index (Phi) is 2.88. The summed E-state index contributed by atoms with van der Waals surface area (Å²) in [6.45, 7) is 2.56. The van der Waals surface area contributed by atoms with E-state index in [4.69, 9.17) is 10.5 Å². The molecule has 3 N–H and O–H groups in total. The third kappa shape index (κ3) is 1.95. The van der Waals surface area contributed by atoms with Gasteiger partial charge in [-0.3, -0.25) is 9.59 Å². The van der Waals surface area contributed by atoms with Gasteiger partial charge >= 0.3 is 0 Å². The van der Waals surface area contributed by atoms with Gasteiger partial charge in [-0.2, -0.15) is 0 Å². The van der Waals surface area contributed by atoms with Crippen LogP contribution in [0.15, 0.2) is 0 Å². The Labute approximate surface area is 87.7 Å². The van der Waals surface area contributed by atoms with E-state index in [-0.39, 0.29) is 18.4 Å². The lowest BCUT2D eigenvalue weighted by Gasteiger charge is -2.38. The number of carbonyl (C=O) groups is 2. The molecule has 84 valence electrons.